The number of carbonyl (C=O) groups excluding carboxylic acids is 2. The van der Waals surface area contributed by atoms with Gasteiger partial charge in [-0.05, 0) is 19.8 Å². The predicted octanol–water partition coefficient (Wildman–Crippen LogP) is 0.226. The molecule has 0 radical (unpaired) electrons. The van der Waals surface area contributed by atoms with E-state index < -0.39 is 11.4 Å². The van der Waals surface area contributed by atoms with Gasteiger partial charge < -0.3 is 15.3 Å². The lowest BCUT2D eigenvalue weighted by Crippen LogP contribution is -2.45. The van der Waals surface area contributed by atoms with E-state index in [1.54, 1.807) is 11.8 Å². The molecule has 2 N–H and O–H groups in total. The molecule has 1 aliphatic rings. The second-order valence-electron chi connectivity index (χ2n) is 4.98. The van der Waals surface area contributed by atoms with Crippen molar-refractivity contribution in [2.24, 2.45) is 5.41 Å². The van der Waals surface area contributed by atoms with E-state index in [0.717, 1.165) is 0 Å². The number of amides is 2. The van der Waals surface area contributed by atoms with E-state index in [0.29, 0.717) is 32.5 Å². The zero-order chi connectivity index (χ0) is 13.8. The van der Waals surface area contributed by atoms with E-state index in [2.05, 4.69) is 5.32 Å². The highest BCUT2D eigenvalue weighted by Crippen LogP contribution is 2.31. The Kier molecular flexibility index (Phi) is 4.69. The number of piperidine rings is 1. The first kappa shape index (κ1) is 14.5. The molecule has 0 aromatic heterocycles. The molecule has 1 saturated heterocycles. The summed E-state index contributed by atoms with van der Waals surface area (Å²) in [6.07, 6.45) is 1.23. The van der Waals surface area contributed by atoms with E-state index in [1.165, 1.54) is 6.92 Å². The van der Waals surface area contributed by atoms with Gasteiger partial charge in [0.2, 0.25) is 11.8 Å². The average Bonchev–Trinajstić information content (AvgIpc) is 2.29. The molecule has 0 aliphatic carbocycles. The minimum atomic E-state index is -0.798. The van der Waals surface area contributed by atoms with Gasteiger partial charge in [0.15, 0.2) is 0 Å². The molecule has 0 bridgehead atoms. The van der Waals surface area contributed by atoms with Crippen molar-refractivity contribution in [1.29, 1.82) is 0 Å². The third kappa shape index (κ3) is 3.72. The summed E-state index contributed by atoms with van der Waals surface area (Å²) in [5.41, 5.74) is -0.714. The minimum absolute atomic E-state index is 0.0313. The molecule has 0 unspecified atom stereocenters. The molecule has 0 saturated carbocycles. The lowest BCUT2D eigenvalue weighted by Gasteiger charge is -2.36. The lowest BCUT2D eigenvalue weighted by atomic mass is 9.80. The van der Waals surface area contributed by atoms with Crippen LogP contribution >= 0.6 is 0 Å². The Labute approximate surface area is 106 Å². The Bertz CT molecular complexity index is 346. The van der Waals surface area contributed by atoms with Crippen LogP contribution in [0.2, 0.25) is 0 Å². The van der Waals surface area contributed by atoms with Crippen LogP contribution in [-0.4, -0.2) is 47.4 Å². The summed E-state index contributed by atoms with van der Waals surface area (Å²) in [5, 5.41) is 11.6. The van der Waals surface area contributed by atoms with Gasteiger partial charge in [0.25, 0.3) is 0 Å². The topological polar surface area (TPSA) is 86.7 Å². The third-order valence-electron chi connectivity index (χ3n) is 3.45. The Balaban J connectivity index is 2.36. The van der Waals surface area contributed by atoms with Gasteiger partial charge in [0, 0.05) is 33.0 Å². The Morgan fingerprint density at radius 2 is 1.83 bits per heavy atom. The number of aliphatic carboxylic acids is 1. The largest absolute Gasteiger partial charge is 0.481 e. The molecule has 18 heavy (non-hydrogen) atoms. The van der Waals surface area contributed by atoms with Crippen molar-refractivity contribution < 1.29 is 19.5 Å². The summed E-state index contributed by atoms with van der Waals surface area (Å²) in [7, 11) is 0. The zero-order valence-electron chi connectivity index (χ0n) is 10.9. The first-order valence-corrected chi connectivity index (χ1v) is 6.11. The number of hydrogen-bond acceptors (Lipinski definition) is 3. The van der Waals surface area contributed by atoms with Gasteiger partial charge >= 0.3 is 5.97 Å². The van der Waals surface area contributed by atoms with Gasteiger partial charge in [0.1, 0.15) is 0 Å². The Morgan fingerprint density at radius 3 is 2.28 bits per heavy atom. The maximum Gasteiger partial charge on any atom is 0.309 e. The van der Waals surface area contributed by atoms with Gasteiger partial charge in [0.05, 0.1) is 5.41 Å². The van der Waals surface area contributed by atoms with Crippen molar-refractivity contribution in [3.8, 4) is 0 Å². The van der Waals surface area contributed by atoms with E-state index in [4.69, 9.17) is 5.11 Å². The van der Waals surface area contributed by atoms with Crippen LogP contribution in [0.1, 0.15) is 33.1 Å². The predicted molar refractivity (Wildman–Crippen MR) is 64.9 cm³/mol. The molecular formula is C12H20N2O4. The fourth-order valence-corrected chi connectivity index (χ4v) is 1.97. The fourth-order valence-electron chi connectivity index (χ4n) is 1.97. The quantitative estimate of drug-likeness (QED) is 0.753. The summed E-state index contributed by atoms with van der Waals surface area (Å²) >= 11 is 0. The zero-order valence-corrected chi connectivity index (χ0v) is 10.9. The molecule has 0 spiro atoms. The second kappa shape index (κ2) is 5.84. The molecule has 1 aliphatic heterocycles. The molecule has 102 valence electrons. The number of carboxylic acid groups (broad SMARTS) is 1. The minimum Gasteiger partial charge on any atom is -0.481 e. The molecule has 6 heteroatoms. The first-order chi connectivity index (χ1) is 8.35. The average molecular weight is 256 g/mol. The number of carbonyl (C=O) groups is 3. The maximum absolute atomic E-state index is 11.8. The standard InChI is InChI=1S/C12H20N2O4/c1-9(15)13-6-3-10(16)14-7-4-12(2,5-8-14)11(17)18/h3-8H2,1-2H3,(H,13,15)(H,17,18). The summed E-state index contributed by atoms with van der Waals surface area (Å²) in [6, 6.07) is 0. The highest BCUT2D eigenvalue weighted by Gasteiger charge is 2.37. The third-order valence-corrected chi connectivity index (χ3v) is 3.45. The molecule has 2 amide bonds. The summed E-state index contributed by atoms with van der Waals surface area (Å²) in [5.74, 6) is -0.982. The molecule has 1 rings (SSSR count). The van der Waals surface area contributed by atoms with Crippen molar-refractivity contribution in [3.63, 3.8) is 0 Å². The summed E-state index contributed by atoms with van der Waals surface area (Å²) in [6.45, 7) is 4.41. The van der Waals surface area contributed by atoms with Crippen LogP contribution in [0.3, 0.4) is 0 Å². The number of likely N-dealkylation sites (tertiary alicyclic amines) is 1. The molecule has 0 atom stereocenters. The van der Waals surface area contributed by atoms with Gasteiger partial charge in [-0.3, -0.25) is 14.4 Å². The van der Waals surface area contributed by atoms with Gasteiger partial charge in [-0.25, -0.2) is 0 Å². The highest BCUT2D eigenvalue weighted by atomic mass is 16.4. The molecule has 1 heterocycles. The van der Waals surface area contributed by atoms with Gasteiger partial charge in [-0.1, -0.05) is 0 Å². The van der Waals surface area contributed by atoms with E-state index in [1.807, 2.05) is 0 Å². The molecular weight excluding hydrogens is 236 g/mol. The van der Waals surface area contributed by atoms with Crippen molar-refractivity contribution in [3.05, 3.63) is 0 Å². The van der Waals surface area contributed by atoms with E-state index >= 15 is 0 Å². The number of hydrogen-bond donors (Lipinski definition) is 2. The Morgan fingerprint density at radius 1 is 1.28 bits per heavy atom. The van der Waals surface area contributed by atoms with Crippen LogP contribution in [0.25, 0.3) is 0 Å². The first-order valence-electron chi connectivity index (χ1n) is 6.11. The van der Waals surface area contributed by atoms with Crippen molar-refractivity contribution in [2.75, 3.05) is 19.6 Å². The molecule has 0 aromatic carbocycles. The van der Waals surface area contributed by atoms with Crippen LogP contribution in [0.5, 0.6) is 0 Å². The molecule has 0 aromatic rings. The number of nitrogens with zero attached hydrogens (tertiary/aromatic N) is 1. The monoisotopic (exact) mass is 256 g/mol. The lowest BCUT2D eigenvalue weighted by molar-refractivity contribution is -0.153. The highest BCUT2D eigenvalue weighted by molar-refractivity contribution is 5.79. The van der Waals surface area contributed by atoms with Gasteiger partial charge in [-0.15, -0.1) is 0 Å². The van der Waals surface area contributed by atoms with Crippen LogP contribution < -0.4 is 5.32 Å². The molecule has 1 fully saturated rings. The van der Waals surface area contributed by atoms with Crippen LogP contribution in [0.4, 0.5) is 0 Å². The Hall–Kier alpha value is -1.59. The van der Waals surface area contributed by atoms with E-state index in [9.17, 15) is 14.4 Å². The van der Waals surface area contributed by atoms with E-state index in [-0.39, 0.29) is 18.2 Å². The van der Waals surface area contributed by atoms with Crippen molar-refractivity contribution in [2.45, 2.75) is 33.1 Å². The number of carboxylic acids is 1. The normalized spacial score (nSPS) is 18.2. The van der Waals surface area contributed by atoms with Gasteiger partial charge in [-0.2, -0.15) is 0 Å². The maximum atomic E-state index is 11.8. The molecule has 6 nitrogen and oxygen atoms in total. The smallest absolute Gasteiger partial charge is 0.309 e. The number of nitrogens with one attached hydrogen (secondary N) is 1. The second-order valence-corrected chi connectivity index (χ2v) is 4.98. The summed E-state index contributed by atoms with van der Waals surface area (Å²) in [4.78, 5) is 35.2. The SMILES string of the molecule is CC(=O)NCCC(=O)N1CCC(C)(C(=O)O)CC1. The van der Waals surface area contributed by atoms with Crippen LogP contribution in [0, 0.1) is 5.41 Å². The van der Waals surface area contributed by atoms with Crippen molar-refractivity contribution >= 4 is 17.8 Å². The summed E-state index contributed by atoms with van der Waals surface area (Å²) < 4.78 is 0. The number of rotatable bonds is 4. The van der Waals surface area contributed by atoms with Crippen LogP contribution in [0.15, 0.2) is 0 Å². The van der Waals surface area contributed by atoms with Crippen molar-refractivity contribution in [1.82, 2.24) is 10.2 Å². The fraction of sp³-hybridized carbons (Fsp3) is 0.750. The van der Waals surface area contributed by atoms with Crippen LogP contribution in [-0.2, 0) is 14.4 Å².